The summed E-state index contributed by atoms with van der Waals surface area (Å²) in [6.45, 7) is 0. The van der Waals surface area contributed by atoms with Gasteiger partial charge in [0, 0.05) is 16.7 Å². The second-order valence-electron chi connectivity index (χ2n) is 5.15. The maximum atomic E-state index is 14.4. The molecular formula is C16H9ClF5N3. The molecule has 130 valence electrons. The highest BCUT2D eigenvalue weighted by Gasteiger charge is 2.39. The van der Waals surface area contributed by atoms with E-state index in [1.807, 2.05) is 0 Å². The largest absolute Gasteiger partial charge is 0.435 e. The van der Waals surface area contributed by atoms with E-state index in [1.54, 1.807) is 0 Å². The summed E-state index contributed by atoms with van der Waals surface area (Å²) in [5.41, 5.74) is 2.91. The first kappa shape index (κ1) is 17.2. The number of nitrogen functional groups attached to an aromatic ring is 1. The van der Waals surface area contributed by atoms with Crippen LogP contribution in [-0.2, 0) is 6.18 Å². The van der Waals surface area contributed by atoms with Crippen LogP contribution in [-0.4, -0.2) is 9.78 Å². The number of nitrogens with zero attached hydrogens (tertiary/aromatic N) is 2. The molecule has 0 spiro atoms. The molecule has 3 aromatic rings. The second kappa shape index (κ2) is 6.03. The van der Waals surface area contributed by atoms with Gasteiger partial charge in [0.05, 0.1) is 11.9 Å². The van der Waals surface area contributed by atoms with Crippen LogP contribution in [0.3, 0.4) is 0 Å². The summed E-state index contributed by atoms with van der Waals surface area (Å²) in [7, 11) is 0. The zero-order chi connectivity index (χ0) is 18.4. The molecule has 0 bridgehead atoms. The average Bonchev–Trinajstić information content (AvgIpc) is 2.88. The molecule has 0 unspecified atom stereocenters. The van der Waals surface area contributed by atoms with Gasteiger partial charge in [-0.2, -0.15) is 18.3 Å². The summed E-state index contributed by atoms with van der Waals surface area (Å²) < 4.78 is 68.2. The molecule has 0 amide bonds. The Morgan fingerprint density at radius 3 is 2.28 bits per heavy atom. The van der Waals surface area contributed by atoms with Crippen molar-refractivity contribution in [1.82, 2.24) is 9.78 Å². The third kappa shape index (κ3) is 3.17. The number of aromatic nitrogens is 2. The summed E-state index contributed by atoms with van der Waals surface area (Å²) in [5, 5.41) is 3.89. The van der Waals surface area contributed by atoms with Crippen molar-refractivity contribution in [2.75, 3.05) is 5.73 Å². The highest BCUT2D eigenvalue weighted by Crippen LogP contribution is 2.38. The summed E-state index contributed by atoms with van der Waals surface area (Å²) in [6, 6.07) is 7.16. The van der Waals surface area contributed by atoms with Gasteiger partial charge in [0.15, 0.2) is 11.5 Å². The number of nitrogens with two attached hydrogens (primary N) is 1. The molecule has 0 aliphatic rings. The van der Waals surface area contributed by atoms with Gasteiger partial charge in [-0.1, -0.05) is 23.7 Å². The third-order valence-electron chi connectivity index (χ3n) is 3.46. The Labute approximate surface area is 143 Å². The maximum absolute atomic E-state index is 14.4. The summed E-state index contributed by atoms with van der Waals surface area (Å²) in [5.74, 6) is -2.15. The van der Waals surface area contributed by atoms with E-state index in [2.05, 4.69) is 5.10 Å². The van der Waals surface area contributed by atoms with Crippen LogP contribution >= 0.6 is 11.6 Å². The number of benzene rings is 2. The first-order chi connectivity index (χ1) is 11.7. The summed E-state index contributed by atoms with van der Waals surface area (Å²) in [4.78, 5) is 0. The molecule has 0 aliphatic heterocycles. The molecule has 1 heterocycles. The number of anilines is 1. The van der Waals surface area contributed by atoms with Gasteiger partial charge in [-0.15, -0.1) is 0 Å². The Morgan fingerprint density at radius 2 is 1.68 bits per heavy atom. The smallest absolute Gasteiger partial charge is 0.396 e. The van der Waals surface area contributed by atoms with Crippen molar-refractivity contribution < 1.29 is 22.0 Å². The molecule has 0 saturated carbocycles. The maximum Gasteiger partial charge on any atom is 0.435 e. The minimum absolute atomic E-state index is 0.122. The minimum atomic E-state index is -4.88. The number of hydrogen-bond acceptors (Lipinski definition) is 2. The van der Waals surface area contributed by atoms with Gasteiger partial charge in [0.2, 0.25) is 0 Å². The molecule has 2 N–H and O–H groups in total. The lowest BCUT2D eigenvalue weighted by molar-refractivity contribution is -0.142. The predicted octanol–water partition coefficient (Wildman–Crippen LogP) is 5.07. The zero-order valence-electron chi connectivity index (χ0n) is 12.3. The van der Waals surface area contributed by atoms with Gasteiger partial charge in [0.1, 0.15) is 11.5 Å². The van der Waals surface area contributed by atoms with Crippen LogP contribution in [0.1, 0.15) is 5.69 Å². The Balaban J connectivity index is 2.33. The van der Waals surface area contributed by atoms with Gasteiger partial charge in [-0.3, -0.25) is 0 Å². The predicted molar refractivity (Wildman–Crippen MR) is 83.3 cm³/mol. The van der Waals surface area contributed by atoms with Crippen LogP contribution in [0.25, 0.3) is 16.8 Å². The fraction of sp³-hybridized carbons (Fsp3) is 0.0625. The van der Waals surface area contributed by atoms with Gasteiger partial charge in [0.25, 0.3) is 0 Å². The molecule has 0 atom stereocenters. The number of hydrogen-bond donors (Lipinski definition) is 1. The Kier molecular flexibility index (Phi) is 4.16. The van der Waals surface area contributed by atoms with E-state index in [-0.39, 0.29) is 11.1 Å². The molecule has 0 aliphatic carbocycles. The zero-order valence-corrected chi connectivity index (χ0v) is 13.0. The van der Waals surface area contributed by atoms with Gasteiger partial charge in [-0.25, -0.2) is 13.5 Å². The Hall–Kier alpha value is -2.61. The van der Waals surface area contributed by atoms with Crippen molar-refractivity contribution >= 4 is 17.3 Å². The lowest BCUT2D eigenvalue weighted by atomic mass is 10.0. The van der Waals surface area contributed by atoms with E-state index < -0.39 is 34.9 Å². The normalized spacial score (nSPS) is 11.8. The Bertz CT molecular complexity index is 932. The van der Waals surface area contributed by atoms with Crippen molar-refractivity contribution in [1.29, 1.82) is 0 Å². The molecule has 2 aromatic carbocycles. The number of rotatable bonds is 2. The van der Waals surface area contributed by atoms with Crippen molar-refractivity contribution in [2.45, 2.75) is 6.18 Å². The quantitative estimate of drug-likeness (QED) is 0.637. The fourth-order valence-corrected chi connectivity index (χ4v) is 2.57. The number of alkyl halides is 3. The van der Waals surface area contributed by atoms with Gasteiger partial charge >= 0.3 is 6.18 Å². The minimum Gasteiger partial charge on any atom is -0.396 e. The van der Waals surface area contributed by atoms with Gasteiger partial charge < -0.3 is 5.73 Å². The van der Waals surface area contributed by atoms with Crippen LogP contribution in [0.15, 0.2) is 42.6 Å². The highest BCUT2D eigenvalue weighted by molar-refractivity contribution is 6.30. The van der Waals surface area contributed by atoms with E-state index in [9.17, 15) is 22.0 Å². The van der Waals surface area contributed by atoms with Crippen LogP contribution in [0.4, 0.5) is 27.6 Å². The molecule has 0 saturated heterocycles. The molecule has 0 radical (unpaired) electrons. The van der Waals surface area contributed by atoms with Crippen molar-refractivity contribution in [2.24, 2.45) is 0 Å². The standard InChI is InChI=1S/C16H9ClF5N3/c17-9-3-1-8(2-4-9)11-5-10(18)6-12(19)14(11)25-15(16(20,21)22)13(23)7-24-25/h1-7H,23H2. The lowest BCUT2D eigenvalue weighted by Gasteiger charge is -2.16. The van der Waals surface area contributed by atoms with Crippen molar-refractivity contribution in [3.05, 3.63) is 64.9 Å². The summed E-state index contributed by atoms with van der Waals surface area (Å²) in [6.07, 6.45) is -4.12. The third-order valence-corrected chi connectivity index (χ3v) is 3.71. The molecule has 3 rings (SSSR count). The van der Waals surface area contributed by atoms with Crippen LogP contribution < -0.4 is 5.73 Å². The second-order valence-corrected chi connectivity index (χ2v) is 5.59. The van der Waals surface area contributed by atoms with Crippen molar-refractivity contribution in [3.8, 4) is 16.8 Å². The highest BCUT2D eigenvalue weighted by atomic mass is 35.5. The summed E-state index contributed by atoms with van der Waals surface area (Å²) >= 11 is 5.78. The topological polar surface area (TPSA) is 43.8 Å². The van der Waals surface area contributed by atoms with E-state index in [4.69, 9.17) is 17.3 Å². The molecule has 3 nitrogen and oxygen atoms in total. The molecule has 9 heteroatoms. The molecule has 1 aromatic heterocycles. The van der Waals surface area contributed by atoms with Gasteiger partial charge in [-0.05, 0) is 23.8 Å². The number of halogens is 6. The van der Waals surface area contributed by atoms with E-state index in [1.165, 1.54) is 24.3 Å². The van der Waals surface area contributed by atoms with Crippen LogP contribution in [0, 0.1) is 11.6 Å². The van der Waals surface area contributed by atoms with E-state index in [0.29, 0.717) is 15.8 Å². The van der Waals surface area contributed by atoms with Crippen LogP contribution in [0.5, 0.6) is 0 Å². The SMILES string of the molecule is Nc1cnn(-c2c(F)cc(F)cc2-c2ccc(Cl)cc2)c1C(F)(F)F. The Morgan fingerprint density at radius 1 is 1.04 bits per heavy atom. The molecular weight excluding hydrogens is 365 g/mol. The van der Waals surface area contributed by atoms with Crippen molar-refractivity contribution in [3.63, 3.8) is 0 Å². The van der Waals surface area contributed by atoms with E-state index in [0.717, 1.165) is 12.3 Å². The molecule has 25 heavy (non-hydrogen) atoms. The monoisotopic (exact) mass is 373 g/mol. The first-order valence-electron chi connectivity index (χ1n) is 6.84. The molecule has 0 fully saturated rings. The average molecular weight is 374 g/mol. The van der Waals surface area contributed by atoms with Crippen LogP contribution in [0.2, 0.25) is 5.02 Å². The fourth-order valence-electron chi connectivity index (χ4n) is 2.45. The lowest BCUT2D eigenvalue weighted by Crippen LogP contribution is -2.17. The van der Waals surface area contributed by atoms with E-state index >= 15 is 0 Å². The first-order valence-corrected chi connectivity index (χ1v) is 7.22.